The molecule has 0 saturated carbocycles. The van der Waals surface area contributed by atoms with Crippen molar-refractivity contribution in [1.29, 1.82) is 0 Å². The topological polar surface area (TPSA) is 58.4 Å². The zero-order chi connectivity index (χ0) is 26.8. The molecule has 4 nitrogen and oxygen atoms in total. The van der Waals surface area contributed by atoms with Crippen LogP contribution in [0.3, 0.4) is 0 Å². The summed E-state index contributed by atoms with van der Waals surface area (Å²) in [7, 11) is 0. The van der Waals surface area contributed by atoms with Crippen molar-refractivity contribution in [3.63, 3.8) is 0 Å². The van der Waals surface area contributed by atoms with Crippen LogP contribution in [-0.4, -0.2) is 34.0 Å². The third-order valence-corrected chi connectivity index (χ3v) is 9.02. The molecule has 2 unspecified atom stereocenters. The van der Waals surface area contributed by atoms with E-state index in [9.17, 15) is 4.79 Å². The van der Waals surface area contributed by atoms with Crippen molar-refractivity contribution >= 4 is 41.7 Å². The summed E-state index contributed by atoms with van der Waals surface area (Å²) in [5, 5.41) is 4.08. The summed E-state index contributed by atoms with van der Waals surface area (Å²) >= 11 is 5.91. The molecule has 0 aromatic heterocycles. The van der Waals surface area contributed by atoms with Crippen molar-refractivity contribution in [3.8, 4) is 0 Å². The summed E-state index contributed by atoms with van der Waals surface area (Å²) in [6, 6.07) is 0. The summed E-state index contributed by atoms with van der Waals surface area (Å²) in [5.41, 5.74) is 6.32. The predicted molar refractivity (Wildman–Crippen MR) is 168 cm³/mol. The highest BCUT2D eigenvalue weighted by molar-refractivity contribution is 14.2. The Morgan fingerprint density at radius 2 is 2.08 bits per heavy atom. The van der Waals surface area contributed by atoms with Crippen LogP contribution in [0.2, 0.25) is 0 Å². The van der Waals surface area contributed by atoms with Crippen molar-refractivity contribution in [2.75, 3.05) is 19.6 Å². The molecule has 1 aliphatic rings. The molecule has 1 amide bonds. The van der Waals surface area contributed by atoms with Crippen LogP contribution in [0, 0.1) is 11.3 Å². The minimum atomic E-state index is -0.769. The zero-order valence-corrected chi connectivity index (χ0v) is 24.9. The summed E-state index contributed by atoms with van der Waals surface area (Å²) in [5.74, 6) is -0.135. The van der Waals surface area contributed by atoms with Gasteiger partial charge in [-0.3, -0.25) is 4.79 Å². The van der Waals surface area contributed by atoms with E-state index in [1.807, 2.05) is 68.8 Å². The molecule has 0 saturated heterocycles. The SMILES string of the molecule is C=C/C=C\C=C(\Cl)C(C)/C=C/CN/C=C\N(CC)CCC(C(N)=O)(C1=IC=CC=C1)/C(C)=C/C=C\C. The summed E-state index contributed by atoms with van der Waals surface area (Å²) in [6.45, 7) is 14.0. The number of halogens is 2. The second-order valence-corrected chi connectivity index (χ2v) is 11.2. The monoisotopic (exact) mass is 621 g/mol. The number of hydrogen-bond acceptors (Lipinski definition) is 3. The summed E-state index contributed by atoms with van der Waals surface area (Å²) in [4.78, 5) is 15.2. The lowest BCUT2D eigenvalue weighted by Gasteiger charge is -2.35. The predicted octanol–water partition coefficient (Wildman–Crippen LogP) is 7.04. The van der Waals surface area contributed by atoms with E-state index in [1.165, 1.54) is 0 Å². The average molecular weight is 622 g/mol. The molecule has 0 aromatic carbocycles. The van der Waals surface area contributed by atoms with Crippen molar-refractivity contribution in [2.45, 2.75) is 34.1 Å². The highest BCUT2D eigenvalue weighted by Gasteiger charge is 2.41. The number of hydrogen-bond donors (Lipinski definition) is 2. The Hall–Kier alpha value is -2.38. The number of carbonyl (C=O) groups excluding carboxylic acids is 1. The Labute approximate surface area is 233 Å². The van der Waals surface area contributed by atoms with Gasteiger partial charge in [0, 0.05) is 46.5 Å². The van der Waals surface area contributed by atoms with Gasteiger partial charge >= 0.3 is 0 Å². The molecule has 3 N–H and O–H groups in total. The van der Waals surface area contributed by atoms with Crippen LogP contribution in [0.15, 0.2) is 107 Å². The summed E-state index contributed by atoms with van der Waals surface area (Å²) < 4.78 is 3.34. The standard InChI is InChI=1S/C30H41ClIN3O/c1-6-9-11-17-27(31)25(4)15-14-21-34-22-24-35(8-3)23-19-30(29(33)36,26(5)16-10-7-2)28-18-12-13-20-32-28/h6-7,9-18,20,22,24-25,34H,1,8,19,21,23H2,2-5H3,(H2,33,36)/b10-7-,11-9-,15-14+,24-22-,26-16+,27-17+. The van der Waals surface area contributed by atoms with E-state index in [4.69, 9.17) is 17.3 Å². The van der Waals surface area contributed by atoms with Crippen LogP contribution in [0.5, 0.6) is 0 Å². The van der Waals surface area contributed by atoms with Gasteiger partial charge in [-0.25, -0.2) is 0 Å². The molecule has 0 spiro atoms. The van der Waals surface area contributed by atoms with E-state index >= 15 is 0 Å². The number of primary amides is 1. The fourth-order valence-electron chi connectivity index (χ4n) is 3.57. The highest BCUT2D eigenvalue weighted by Crippen LogP contribution is 2.38. The molecule has 0 aromatic rings. The van der Waals surface area contributed by atoms with Crippen molar-refractivity contribution in [1.82, 2.24) is 10.2 Å². The maximum absolute atomic E-state index is 13.0. The lowest BCUT2D eigenvalue weighted by Crippen LogP contribution is -2.45. The Morgan fingerprint density at radius 3 is 2.69 bits per heavy atom. The van der Waals surface area contributed by atoms with Crippen molar-refractivity contribution < 1.29 is 4.79 Å². The Balaban J connectivity index is 2.85. The van der Waals surface area contributed by atoms with E-state index in [1.54, 1.807) is 6.08 Å². The lowest BCUT2D eigenvalue weighted by atomic mass is 9.73. The van der Waals surface area contributed by atoms with Crippen molar-refractivity contribution in [3.05, 3.63) is 107 Å². The Bertz CT molecular complexity index is 998. The van der Waals surface area contributed by atoms with E-state index in [0.717, 1.165) is 27.2 Å². The van der Waals surface area contributed by atoms with Gasteiger partial charge in [0.1, 0.15) is 5.41 Å². The number of carbonyl (C=O) groups is 1. The minimum Gasteiger partial charge on any atom is -0.386 e. The van der Waals surface area contributed by atoms with Crippen LogP contribution in [-0.2, 0) is 4.79 Å². The van der Waals surface area contributed by atoms with Crippen LogP contribution >= 0.6 is 32.3 Å². The van der Waals surface area contributed by atoms with Gasteiger partial charge in [0.15, 0.2) is 0 Å². The van der Waals surface area contributed by atoms with Gasteiger partial charge in [0.25, 0.3) is 0 Å². The van der Waals surface area contributed by atoms with E-state index in [2.05, 4.69) is 59.0 Å². The molecule has 0 radical (unpaired) electrons. The third kappa shape index (κ3) is 10.3. The number of amides is 1. The molecular weight excluding hydrogens is 581 g/mol. The first-order chi connectivity index (χ1) is 17.3. The van der Waals surface area contributed by atoms with Crippen LogP contribution in [0.25, 0.3) is 0 Å². The molecule has 1 aliphatic heterocycles. The Morgan fingerprint density at radius 1 is 1.31 bits per heavy atom. The number of rotatable bonds is 16. The maximum atomic E-state index is 13.0. The minimum absolute atomic E-state index is 0.142. The molecule has 36 heavy (non-hydrogen) atoms. The van der Waals surface area contributed by atoms with E-state index < -0.39 is 5.41 Å². The van der Waals surface area contributed by atoms with Gasteiger partial charge in [-0.2, -0.15) is 0 Å². The van der Waals surface area contributed by atoms with Crippen LogP contribution < -0.4 is 11.1 Å². The molecule has 1 heterocycles. The molecule has 0 fully saturated rings. The molecule has 0 bridgehead atoms. The second kappa shape index (κ2) is 18.0. The van der Waals surface area contributed by atoms with Crippen LogP contribution in [0.4, 0.5) is 0 Å². The second-order valence-electron chi connectivity index (χ2n) is 8.27. The fraction of sp³-hybridized carbons (Fsp3) is 0.333. The summed E-state index contributed by atoms with van der Waals surface area (Å²) in [6.07, 6.45) is 28.2. The quantitative estimate of drug-likeness (QED) is 0.0842. The normalized spacial score (nSPS) is 17.4. The van der Waals surface area contributed by atoms with E-state index in [0.29, 0.717) is 13.0 Å². The fourth-order valence-corrected chi connectivity index (χ4v) is 6.45. The molecule has 1 rings (SSSR count). The van der Waals surface area contributed by atoms with Gasteiger partial charge in [-0.15, -0.1) is 0 Å². The number of nitrogens with one attached hydrogen (secondary N) is 1. The smallest absolute Gasteiger partial charge is 0.232 e. The van der Waals surface area contributed by atoms with Gasteiger partial charge < -0.3 is 16.0 Å². The lowest BCUT2D eigenvalue weighted by molar-refractivity contribution is -0.123. The van der Waals surface area contributed by atoms with Gasteiger partial charge in [0.2, 0.25) is 5.91 Å². The molecule has 2 atom stereocenters. The van der Waals surface area contributed by atoms with Gasteiger partial charge in [-0.05, 0) is 37.4 Å². The number of nitrogens with zero attached hydrogens (tertiary/aromatic N) is 1. The molecule has 196 valence electrons. The molecule has 6 heteroatoms. The van der Waals surface area contributed by atoms with Crippen molar-refractivity contribution in [2.24, 2.45) is 17.1 Å². The van der Waals surface area contributed by atoms with Gasteiger partial charge in [0.05, 0.1) is 0 Å². The van der Waals surface area contributed by atoms with Gasteiger partial charge in [-0.1, -0.05) is 118 Å². The molecular formula is C30H41ClIN3O. The number of nitrogens with two attached hydrogens (primary N) is 1. The first-order valence-electron chi connectivity index (χ1n) is 12.2. The maximum Gasteiger partial charge on any atom is 0.232 e. The third-order valence-electron chi connectivity index (χ3n) is 5.83. The first kappa shape index (κ1) is 31.6. The highest BCUT2D eigenvalue weighted by atomic mass is 127. The Kier molecular flexibility index (Phi) is 15.8. The first-order valence-corrected chi connectivity index (χ1v) is 14.9. The average Bonchev–Trinajstić information content (AvgIpc) is 2.88. The number of allylic oxidation sites excluding steroid dienone is 12. The largest absolute Gasteiger partial charge is 0.386 e. The van der Waals surface area contributed by atoms with Crippen LogP contribution in [0.1, 0.15) is 34.1 Å². The zero-order valence-electron chi connectivity index (χ0n) is 22.0. The van der Waals surface area contributed by atoms with E-state index in [-0.39, 0.29) is 32.6 Å². The molecule has 0 aliphatic carbocycles.